The van der Waals surface area contributed by atoms with Crippen LogP contribution in [-0.2, 0) is 18.9 Å². The van der Waals surface area contributed by atoms with Crippen LogP contribution < -0.4 is 0 Å². The summed E-state index contributed by atoms with van der Waals surface area (Å²) in [5.74, 6) is 1.14. The Labute approximate surface area is 321 Å². The van der Waals surface area contributed by atoms with E-state index in [0.717, 1.165) is 44.9 Å². The van der Waals surface area contributed by atoms with Gasteiger partial charge in [0.05, 0.1) is 25.4 Å². The van der Waals surface area contributed by atoms with E-state index in [4.69, 9.17) is 18.9 Å². The van der Waals surface area contributed by atoms with E-state index in [1.54, 1.807) is 0 Å². The van der Waals surface area contributed by atoms with Crippen molar-refractivity contribution >= 4 is 0 Å². The first-order chi connectivity index (χ1) is 25.3. The molecule has 0 unspecified atom stereocenters. The van der Waals surface area contributed by atoms with Crippen LogP contribution in [0.1, 0.15) is 107 Å². The van der Waals surface area contributed by atoms with Crippen LogP contribution in [0.15, 0.2) is 23.3 Å². The number of allylic oxidation sites excluding steroid dienone is 4. The molecule has 0 aromatic carbocycles. The van der Waals surface area contributed by atoms with Crippen LogP contribution in [0.2, 0.25) is 0 Å². The van der Waals surface area contributed by atoms with Crippen molar-refractivity contribution in [1.82, 2.24) is 0 Å². The highest BCUT2D eigenvalue weighted by Gasteiger charge is 2.70. The first-order valence-corrected chi connectivity index (χ1v) is 20.5. The van der Waals surface area contributed by atoms with Crippen molar-refractivity contribution in [3.05, 3.63) is 23.3 Å². The highest BCUT2D eigenvalue weighted by molar-refractivity contribution is 5.23. The summed E-state index contributed by atoms with van der Waals surface area (Å²) in [6, 6.07) is 0. The second kappa shape index (κ2) is 15.6. The summed E-state index contributed by atoms with van der Waals surface area (Å²) >= 11 is 0. The topological polar surface area (TPSA) is 199 Å². The number of aliphatic hydroxyl groups is 8. The summed E-state index contributed by atoms with van der Waals surface area (Å²) in [5, 5.41) is 85.4. The Kier molecular flexibility index (Phi) is 12.3. The second-order valence-corrected chi connectivity index (χ2v) is 19.4. The van der Waals surface area contributed by atoms with Gasteiger partial charge >= 0.3 is 0 Å². The Hall–Kier alpha value is -1.00. The van der Waals surface area contributed by atoms with E-state index in [1.807, 2.05) is 0 Å². The summed E-state index contributed by atoms with van der Waals surface area (Å²) in [6.45, 7) is 17.1. The summed E-state index contributed by atoms with van der Waals surface area (Å²) in [7, 11) is 0. The third kappa shape index (κ3) is 6.89. The average molecular weight is 767 g/mol. The van der Waals surface area contributed by atoms with Crippen molar-refractivity contribution in [2.75, 3.05) is 13.2 Å². The van der Waals surface area contributed by atoms with Crippen molar-refractivity contribution in [1.29, 1.82) is 0 Å². The van der Waals surface area contributed by atoms with Gasteiger partial charge in [0.15, 0.2) is 12.6 Å². The third-order valence-corrected chi connectivity index (χ3v) is 16.1. The SMILES string of the molecule is CC(C)=CC/C=C(\C)[C@@H]1CC[C@@]2(C)[C@H]1[C@H](O)C[C@H]1[C@]3(C)CC[C@@H](O[C@H]4O[C@@H](CO)[C@H](O)[C@@H](O)[C@@H]4O[C@@H]4O[C@H](CO)[C@@H](O)[C@@H](O)[C@@H]4O)C(C)(C)[C@@H]3CC[C@]12C. The Bertz CT molecular complexity index is 1380. The number of fused-ring (bicyclic) bond motifs is 5. The maximum Gasteiger partial charge on any atom is 0.187 e. The van der Waals surface area contributed by atoms with Crippen LogP contribution in [0, 0.1) is 45.3 Å². The van der Waals surface area contributed by atoms with Gasteiger partial charge in [0.1, 0.15) is 48.8 Å². The van der Waals surface area contributed by atoms with Gasteiger partial charge in [-0.15, -0.1) is 0 Å². The van der Waals surface area contributed by atoms with E-state index in [0.29, 0.717) is 18.3 Å². The molecule has 19 atom stereocenters. The van der Waals surface area contributed by atoms with Crippen molar-refractivity contribution < 1.29 is 59.8 Å². The van der Waals surface area contributed by atoms with Crippen LogP contribution >= 0.6 is 0 Å². The molecule has 6 rings (SSSR count). The zero-order valence-corrected chi connectivity index (χ0v) is 33.7. The molecule has 6 aliphatic rings. The van der Waals surface area contributed by atoms with E-state index in [9.17, 15) is 40.9 Å². The van der Waals surface area contributed by atoms with Gasteiger partial charge in [-0.05, 0) is 117 Å². The van der Waals surface area contributed by atoms with E-state index >= 15 is 0 Å². The molecule has 12 nitrogen and oxygen atoms in total. The number of hydrogen-bond acceptors (Lipinski definition) is 12. The first kappa shape index (κ1) is 42.6. The van der Waals surface area contributed by atoms with Crippen molar-refractivity contribution in [3.8, 4) is 0 Å². The smallest absolute Gasteiger partial charge is 0.187 e. The molecular formula is C42H70O12. The van der Waals surface area contributed by atoms with Gasteiger partial charge < -0.3 is 59.8 Å². The number of hydrogen-bond donors (Lipinski definition) is 8. The van der Waals surface area contributed by atoms with E-state index < -0.39 is 80.0 Å². The van der Waals surface area contributed by atoms with Gasteiger partial charge in [-0.3, -0.25) is 0 Å². The van der Waals surface area contributed by atoms with Gasteiger partial charge in [-0.25, -0.2) is 0 Å². The molecule has 4 aliphatic carbocycles. The Morgan fingerprint density at radius 2 is 1.28 bits per heavy atom. The van der Waals surface area contributed by atoms with Crippen molar-refractivity contribution in [3.63, 3.8) is 0 Å². The second-order valence-electron chi connectivity index (χ2n) is 19.4. The predicted molar refractivity (Wildman–Crippen MR) is 199 cm³/mol. The van der Waals surface area contributed by atoms with Gasteiger partial charge in [-0.2, -0.15) is 0 Å². The summed E-state index contributed by atoms with van der Waals surface area (Å²) in [5.41, 5.74) is 2.29. The van der Waals surface area contributed by atoms with Crippen molar-refractivity contribution in [2.24, 2.45) is 45.3 Å². The summed E-state index contributed by atoms with van der Waals surface area (Å²) < 4.78 is 24.4. The van der Waals surface area contributed by atoms with E-state index in [1.165, 1.54) is 11.1 Å². The van der Waals surface area contributed by atoms with Gasteiger partial charge in [0, 0.05) is 0 Å². The van der Waals surface area contributed by atoms with Crippen molar-refractivity contribution in [2.45, 2.75) is 180 Å². The van der Waals surface area contributed by atoms with Gasteiger partial charge in [0.2, 0.25) is 0 Å². The van der Waals surface area contributed by atoms with Crippen LogP contribution in [0.3, 0.4) is 0 Å². The lowest BCUT2D eigenvalue weighted by Gasteiger charge is -2.70. The summed E-state index contributed by atoms with van der Waals surface area (Å²) in [4.78, 5) is 0. The highest BCUT2D eigenvalue weighted by Crippen LogP contribution is 2.75. The minimum Gasteiger partial charge on any atom is -0.394 e. The molecule has 2 aliphatic heterocycles. The van der Waals surface area contributed by atoms with Crippen LogP contribution in [0.4, 0.5) is 0 Å². The largest absolute Gasteiger partial charge is 0.394 e. The molecule has 0 spiro atoms. The molecule has 8 N–H and O–H groups in total. The molecule has 6 fully saturated rings. The molecule has 2 saturated heterocycles. The fraction of sp³-hybridized carbons (Fsp3) is 0.905. The van der Waals surface area contributed by atoms with Crippen LogP contribution in [0.5, 0.6) is 0 Å². The molecule has 4 saturated carbocycles. The van der Waals surface area contributed by atoms with Gasteiger partial charge in [-0.1, -0.05) is 57.9 Å². The number of aliphatic hydroxyl groups excluding tert-OH is 8. The normalized spacial score (nSPS) is 51.9. The van der Waals surface area contributed by atoms with Crippen LogP contribution in [0.25, 0.3) is 0 Å². The molecule has 0 amide bonds. The monoisotopic (exact) mass is 766 g/mol. The first-order valence-electron chi connectivity index (χ1n) is 20.5. The molecule has 2 heterocycles. The average Bonchev–Trinajstić information content (AvgIpc) is 3.49. The zero-order chi connectivity index (χ0) is 39.7. The van der Waals surface area contributed by atoms with Crippen LogP contribution in [-0.4, -0.2) is 128 Å². The summed E-state index contributed by atoms with van der Waals surface area (Å²) in [6.07, 6.45) is -3.65. The Morgan fingerprint density at radius 3 is 1.91 bits per heavy atom. The maximum atomic E-state index is 12.1. The number of rotatable bonds is 9. The molecule has 310 valence electrons. The standard InChI is InChI=1S/C42H70O12/c1-21(2)10-9-11-22(3)23-12-16-42(8)30(23)24(45)18-28-40(6)15-14-29(39(4,5)27(40)13-17-41(28,42)7)53-38-36(34(49)32(47)26(20-44)52-38)54-37-35(50)33(48)31(46)25(19-43)51-37/h10-11,23-38,43-50H,9,12-20H2,1-8H3/b22-11+/t23-,24+,25+,26-,27-,28-,29+,30+,31+,32-,33+,34+,35-,36-,37-,38+,40+,41+,42-/m0/s1. The Morgan fingerprint density at radius 1 is 0.667 bits per heavy atom. The fourth-order valence-electron chi connectivity index (χ4n) is 12.9. The number of ether oxygens (including phenoxy) is 4. The minimum atomic E-state index is -1.74. The molecule has 0 aromatic heterocycles. The Balaban J connectivity index is 1.23. The molecule has 12 heteroatoms. The predicted octanol–water partition coefficient (Wildman–Crippen LogP) is 2.95. The molecule has 0 bridgehead atoms. The minimum absolute atomic E-state index is 0.00171. The fourth-order valence-corrected chi connectivity index (χ4v) is 12.9. The molecule has 54 heavy (non-hydrogen) atoms. The third-order valence-electron chi connectivity index (χ3n) is 16.1. The van der Waals surface area contributed by atoms with E-state index in [-0.39, 0.29) is 40.3 Å². The molecule has 0 radical (unpaired) electrons. The van der Waals surface area contributed by atoms with E-state index in [2.05, 4.69) is 67.5 Å². The van der Waals surface area contributed by atoms with Gasteiger partial charge in [0.25, 0.3) is 0 Å². The highest BCUT2D eigenvalue weighted by atomic mass is 16.8. The lowest BCUT2D eigenvalue weighted by molar-refractivity contribution is -0.378. The lowest BCUT2D eigenvalue weighted by Crippen LogP contribution is -2.67. The molecular weight excluding hydrogens is 696 g/mol. The molecule has 0 aromatic rings. The maximum absolute atomic E-state index is 12.1. The zero-order valence-electron chi connectivity index (χ0n) is 33.7. The quantitative estimate of drug-likeness (QED) is 0.126. The lowest BCUT2D eigenvalue weighted by atomic mass is 9.35.